The molecule has 2 aromatic carbocycles. The molecule has 2 heterocycles. The van der Waals surface area contributed by atoms with E-state index in [2.05, 4.69) is 16.3 Å². The number of nitrogens with zero attached hydrogens (tertiary/aromatic N) is 3. The van der Waals surface area contributed by atoms with Crippen molar-refractivity contribution in [3.8, 4) is 23.7 Å². The van der Waals surface area contributed by atoms with Crippen LogP contribution in [0, 0.1) is 36.3 Å². The van der Waals surface area contributed by atoms with Gasteiger partial charge in [0.2, 0.25) is 0 Å². The lowest BCUT2D eigenvalue weighted by atomic mass is 10.0. The van der Waals surface area contributed by atoms with Crippen LogP contribution < -0.4 is 10.3 Å². The van der Waals surface area contributed by atoms with Crippen molar-refractivity contribution in [1.29, 1.82) is 0 Å². The van der Waals surface area contributed by atoms with Gasteiger partial charge in [0.15, 0.2) is 0 Å². The molecular formula is C27H22N4O5. The Kier molecular flexibility index (Phi) is 6.52. The highest BCUT2D eigenvalue weighted by molar-refractivity contribution is 6.32. The van der Waals surface area contributed by atoms with Crippen LogP contribution in [0.2, 0.25) is 0 Å². The highest BCUT2D eigenvalue weighted by atomic mass is 16.6. The Morgan fingerprint density at radius 1 is 1.17 bits per heavy atom. The van der Waals surface area contributed by atoms with Crippen molar-refractivity contribution in [3.63, 3.8) is 0 Å². The number of nitro groups is 1. The SMILES string of the molecule is C#CCNC(=O)c1ccc(N2N=C(C)/C(=C/c3ccc(-c4cc(C)c(C)cc4[N+](=O)[O-])o3)C2=O)cc1. The lowest BCUT2D eigenvalue weighted by Gasteiger charge is -2.12. The van der Waals surface area contributed by atoms with Crippen LogP contribution in [-0.4, -0.2) is 29.0 Å². The van der Waals surface area contributed by atoms with E-state index in [1.165, 1.54) is 11.1 Å². The summed E-state index contributed by atoms with van der Waals surface area (Å²) in [5, 5.41) is 19.7. The number of furan rings is 1. The molecule has 0 fully saturated rings. The zero-order valence-electron chi connectivity index (χ0n) is 19.9. The number of hydrazone groups is 1. The lowest BCUT2D eigenvalue weighted by molar-refractivity contribution is -0.384. The first kappa shape index (κ1) is 24.2. The minimum atomic E-state index is -0.443. The number of carbonyl (C=O) groups excluding carboxylic acids is 2. The molecule has 9 heteroatoms. The molecule has 0 saturated carbocycles. The maximum Gasteiger partial charge on any atom is 0.280 e. The predicted molar refractivity (Wildman–Crippen MR) is 136 cm³/mol. The molecule has 0 bridgehead atoms. The average Bonchev–Trinajstić information content (AvgIpc) is 3.44. The van der Waals surface area contributed by atoms with Crippen LogP contribution in [0.15, 0.2) is 63.6 Å². The number of carbonyl (C=O) groups is 2. The second kappa shape index (κ2) is 9.72. The number of terminal acetylenes is 1. The van der Waals surface area contributed by atoms with Crippen molar-refractivity contribution in [1.82, 2.24) is 5.32 Å². The van der Waals surface area contributed by atoms with Crippen LogP contribution in [0.4, 0.5) is 11.4 Å². The van der Waals surface area contributed by atoms with Crippen molar-refractivity contribution < 1.29 is 18.9 Å². The van der Waals surface area contributed by atoms with Crippen LogP contribution in [0.3, 0.4) is 0 Å². The third-order valence-electron chi connectivity index (χ3n) is 5.78. The van der Waals surface area contributed by atoms with Crippen LogP contribution in [0.25, 0.3) is 17.4 Å². The van der Waals surface area contributed by atoms with Gasteiger partial charge in [0.25, 0.3) is 17.5 Å². The van der Waals surface area contributed by atoms with E-state index in [4.69, 9.17) is 10.8 Å². The third-order valence-corrected chi connectivity index (χ3v) is 5.78. The van der Waals surface area contributed by atoms with Crippen LogP contribution >= 0.6 is 0 Å². The Balaban J connectivity index is 1.58. The smallest absolute Gasteiger partial charge is 0.280 e. The van der Waals surface area contributed by atoms with E-state index < -0.39 is 4.92 Å². The molecule has 0 atom stereocenters. The Hall–Kier alpha value is -4.97. The normalized spacial score (nSPS) is 14.1. The fourth-order valence-corrected chi connectivity index (χ4v) is 3.71. The minimum Gasteiger partial charge on any atom is -0.456 e. The summed E-state index contributed by atoms with van der Waals surface area (Å²) in [6.45, 7) is 5.50. The van der Waals surface area contributed by atoms with Crippen molar-refractivity contribution in [3.05, 3.63) is 86.7 Å². The summed E-state index contributed by atoms with van der Waals surface area (Å²) in [6.07, 6.45) is 6.71. The molecule has 1 aliphatic rings. The number of nitro benzene ring substituents is 1. The maximum atomic E-state index is 13.1. The van der Waals surface area contributed by atoms with Gasteiger partial charge in [0.1, 0.15) is 11.5 Å². The van der Waals surface area contributed by atoms with Gasteiger partial charge in [-0.15, -0.1) is 6.42 Å². The molecule has 9 nitrogen and oxygen atoms in total. The van der Waals surface area contributed by atoms with E-state index in [0.717, 1.165) is 11.1 Å². The molecule has 36 heavy (non-hydrogen) atoms. The van der Waals surface area contributed by atoms with E-state index in [1.807, 2.05) is 13.8 Å². The number of benzene rings is 2. The third kappa shape index (κ3) is 4.65. The fourth-order valence-electron chi connectivity index (χ4n) is 3.71. The molecule has 0 unspecified atom stereocenters. The molecule has 1 N–H and O–H groups in total. The first-order chi connectivity index (χ1) is 17.2. The van der Waals surface area contributed by atoms with Gasteiger partial charge < -0.3 is 9.73 Å². The highest BCUT2D eigenvalue weighted by Crippen LogP contribution is 2.34. The molecule has 0 spiro atoms. The standard InChI is InChI=1S/C27H22N4O5/c1-5-12-28-26(32)19-6-8-20(9-7-19)30-27(33)22(18(4)29-30)15-21-10-11-25(36-21)23-13-16(2)17(3)14-24(23)31(34)35/h1,6-11,13-15H,12H2,2-4H3,(H,28,32)/b22-15-. The van der Waals surface area contributed by atoms with Gasteiger partial charge in [0, 0.05) is 11.6 Å². The largest absolute Gasteiger partial charge is 0.456 e. The van der Waals surface area contributed by atoms with Crippen molar-refractivity contribution >= 4 is 35.0 Å². The number of amides is 2. The number of anilines is 1. The molecule has 1 aliphatic heterocycles. The maximum absolute atomic E-state index is 13.1. The minimum absolute atomic E-state index is 0.0519. The summed E-state index contributed by atoms with van der Waals surface area (Å²) < 4.78 is 5.86. The summed E-state index contributed by atoms with van der Waals surface area (Å²) in [6, 6.07) is 12.9. The fraction of sp³-hybridized carbons (Fsp3) is 0.148. The van der Waals surface area contributed by atoms with Crippen LogP contribution in [-0.2, 0) is 4.79 Å². The Labute approximate surface area is 207 Å². The summed E-state index contributed by atoms with van der Waals surface area (Å²) in [4.78, 5) is 36.2. The Morgan fingerprint density at radius 2 is 1.86 bits per heavy atom. The second-order valence-electron chi connectivity index (χ2n) is 8.21. The van der Waals surface area contributed by atoms with Gasteiger partial charge in [-0.3, -0.25) is 19.7 Å². The van der Waals surface area contributed by atoms with E-state index in [1.54, 1.807) is 55.5 Å². The highest BCUT2D eigenvalue weighted by Gasteiger charge is 2.29. The Morgan fingerprint density at radius 3 is 2.53 bits per heavy atom. The topological polar surface area (TPSA) is 118 Å². The number of aryl methyl sites for hydroxylation is 2. The quantitative estimate of drug-likeness (QED) is 0.238. The summed E-state index contributed by atoms with van der Waals surface area (Å²) in [7, 11) is 0. The number of rotatable bonds is 6. The summed E-state index contributed by atoms with van der Waals surface area (Å²) >= 11 is 0. The molecule has 0 radical (unpaired) electrons. The van der Waals surface area contributed by atoms with Crippen LogP contribution in [0.5, 0.6) is 0 Å². The molecule has 4 rings (SSSR count). The van der Waals surface area contributed by atoms with E-state index in [0.29, 0.717) is 39.6 Å². The zero-order chi connectivity index (χ0) is 26.0. The molecule has 2 amide bonds. The molecule has 0 aliphatic carbocycles. The number of nitrogens with one attached hydrogen (secondary N) is 1. The predicted octanol–water partition coefficient (Wildman–Crippen LogP) is 4.64. The second-order valence-corrected chi connectivity index (χ2v) is 8.21. The van der Waals surface area contributed by atoms with Gasteiger partial charge in [-0.1, -0.05) is 5.92 Å². The zero-order valence-corrected chi connectivity index (χ0v) is 19.9. The van der Waals surface area contributed by atoms with Crippen molar-refractivity contribution in [2.24, 2.45) is 5.10 Å². The van der Waals surface area contributed by atoms with E-state index in [-0.39, 0.29) is 24.0 Å². The van der Waals surface area contributed by atoms with Gasteiger partial charge in [0.05, 0.1) is 34.0 Å². The van der Waals surface area contributed by atoms with E-state index >= 15 is 0 Å². The molecule has 180 valence electrons. The van der Waals surface area contributed by atoms with E-state index in [9.17, 15) is 19.7 Å². The van der Waals surface area contributed by atoms with Gasteiger partial charge in [-0.25, -0.2) is 0 Å². The monoisotopic (exact) mass is 482 g/mol. The molecular weight excluding hydrogens is 460 g/mol. The Bertz CT molecular complexity index is 1490. The molecule has 0 saturated heterocycles. The lowest BCUT2D eigenvalue weighted by Crippen LogP contribution is -2.24. The first-order valence-electron chi connectivity index (χ1n) is 11.0. The summed E-state index contributed by atoms with van der Waals surface area (Å²) in [5.74, 6) is 2.34. The van der Waals surface area contributed by atoms with Crippen molar-refractivity contribution in [2.75, 3.05) is 11.6 Å². The van der Waals surface area contributed by atoms with Gasteiger partial charge in [-0.2, -0.15) is 10.1 Å². The van der Waals surface area contributed by atoms with Crippen LogP contribution in [0.1, 0.15) is 34.2 Å². The average molecular weight is 482 g/mol. The molecule has 1 aromatic heterocycles. The number of hydrogen-bond donors (Lipinski definition) is 1. The van der Waals surface area contributed by atoms with Gasteiger partial charge in [-0.05, 0) is 80.4 Å². The van der Waals surface area contributed by atoms with Gasteiger partial charge >= 0.3 is 0 Å². The summed E-state index contributed by atoms with van der Waals surface area (Å²) in [5.41, 5.74) is 3.71. The number of hydrogen-bond acceptors (Lipinski definition) is 6. The first-order valence-corrected chi connectivity index (χ1v) is 11.0. The van der Waals surface area contributed by atoms with Crippen molar-refractivity contribution in [2.45, 2.75) is 20.8 Å². The molecule has 3 aromatic rings.